The standard InChI is InChI=1S/C15H20N2O4/c1-3-16(9-11-5-4-6-11)13-7-12(15(18)19)8-14(10(13)2)17(20)21/h7-8,11H,3-6,9H2,1-2H3,(H,18,19). The number of nitro benzene ring substituents is 1. The van der Waals surface area contributed by atoms with Gasteiger partial charge in [-0.1, -0.05) is 6.42 Å². The zero-order valence-corrected chi connectivity index (χ0v) is 12.3. The van der Waals surface area contributed by atoms with Crippen molar-refractivity contribution < 1.29 is 14.8 Å². The fraction of sp³-hybridized carbons (Fsp3) is 0.533. The summed E-state index contributed by atoms with van der Waals surface area (Å²) in [4.78, 5) is 23.9. The van der Waals surface area contributed by atoms with E-state index < -0.39 is 10.9 Å². The summed E-state index contributed by atoms with van der Waals surface area (Å²) in [7, 11) is 0. The van der Waals surface area contributed by atoms with Gasteiger partial charge in [0.1, 0.15) is 0 Å². The Balaban J connectivity index is 2.43. The molecule has 1 aromatic carbocycles. The molecule has 21 heavy (non-hydrogen) atoms. The highest BCUT2D eigenvalue weighted by Gasteiger charge is 2.25. The number of hydrogen-bond donors (Lipinski definition) is 1. The SMILES string of the molecule is CCN(CC1CCC1)c1cc(C(=O)O)cc([N+](=O)[O-])c1C. The van der Waals surface area contributed by atoms with Crippen LogP contribution in [0.5, 0.6) is 0 Å². The van der Waals surface area contributed by atoms with Gasteiger partial charge in [-0.2, -0.15) is 0 Å². The molecule has 6 nitrogen and oxygen atoms in total. The molecule has 0 unspecified atom stereocenters. The Hall–Kier alpha value is -2.11. The van der Waals surface area contributed by atoms with Gasteiger partial charge in [-0.05, 0) is 38.7 Å². The molecule has 0 radical (unpaired) electrons. The van der Waals surface area contributed by atoms with E-state index >= 15 is 0 Å². The summed E-state index contributed by atoms with van der Waals surface area (Å²) in [5, 5.41) is 20.3. The Morgan fingerprint density at radius 1 is 1.48 bits per heavy atom. The summed E-state index contributed by atoms with van der Waals surface area (Å²) in [5.41, 5.74) is 1.04. The second-order valence-electron chi connectivity index (χ2n) is 5.54. The first kappa shape index (κ1) is 15.3. The van der Waals surface area contributed by atoms with Crippen molar-refractivity contribution in [2.75, 3.05) is 18.0 Å². The van der Waals surface area contributed by atoms with Crippen molar-refractivity contribution in [3.63, 3.8) is 0 Å². The highest BCUT2D eigenvalue weighted by molar-refractivity contribution is 5.90. The summed E-state index contributed by atoms with van der Waals surface area (Å²) in [6.45, 7) is 5.20. The van der Waals surface area contributed by atoms with Crippen LogP contribution in [0.2, 0.25) is 0 Å². The smallest absolute Gasteiger partial charge is 0.336 e. The quantitative estimate of drug-likeness (QED) is 0.643. The zero-order valence-electron chi connectivity index (χ0n) is 12.3. The largest absolute Gasteiger partial charge is 0.478 e. The Kier molecular flexibility index (Phi) is 4.45. The van der Waals surface area contributed by atoms with Crippen LogP contribution in [0.4, 0.5) is 11.4 Å². The van der Waals surface area contributed by atoms with E-state index in [-0.39, 0.29) is 11.3 Å². The summed E-state index contributed by atoms with van der Waals surface area (Å²) in [6, 6.07) is 2.69. The molecule has 0 atom stereocenters. The molecule has 114 valence electrons. The van der Waals surface area contributed by atoms with E-state index in [1.807, 2.05) is 6.92 Å². The number of anilines is 1. The minimum absolute atomic E-state index is 0.0330. The van der Waals surface area contributed by atoms with E-state index in [1.165, 1.54) is 19.3 Å². The monoisotopic (exact) mass is 292 g/mol. The van der Waals surface area contributed by atoms with Crippen LogP contribution in [0.3, 0.4) is 0 Å². The van der Waals surface area contributed by atoms with Crippen LogP contribution in [-0.2, 0) is 0 Å². The maximum atomic E-state index is 11.2. The average Bonchev–Trinajstić information content (AvgIpc) is 2.38. The van der Waals surface area contributed by atoms with Gasteiger partial charge in [0.05, 0.1) is 16.1 Å². The average molecular weight is 292 g/mol. The normalized spacial score (nSPS) is 14.6. The first-order chi connectivity index (χ1) is 9.93. The van der Waals surface area contributed by atoms with Gasteiger partial charge < -0.3 is 10.0 Å². The Morgan fingerprint density at radius 3 is 2.57 bits per heavy atom. The fourth-order valence-electron chi connectivity index (χ4n) is 2.71. The maximum Gasteiger partial charge on any atom is 0.336 e. The van der Waals surface area contributed by atoms with Crippen LogP contribution in [0.15, 0.2) is 12.1 Å². The van der Waals surface area contributed by atoms with Crippen LogP contribution >= 0.6 is 0 Å². The Labute approximate surface area is 123 Å². The predicted octanol–water partition coefficient (Wildman–Crippen LogP) is 3.23. The molecule has 0 bridgehead atoms. The number of nitrogens with zero attached hydrogens (tertiary/aromatic N) is 2. The fourth-order valence-corrected chi connectivity index (χ4v) is 2.71. The summed E-state index contributed by atoms with van der Waals surface area (Å²) in [6.07, 6.45) is 3.59. The van der Waals surface area contributed by atoms with Crippen molar-refractivity contribution in [1.82, 2.24) is 0 Å². The molecule has 1 fully saturated rings. The van der Waals surface area contributed by atoms with Crippen LogP contribution in [0.1, 0.15) is 42.1 Å². The molecule has 1 N–H and O–H groups in total. The van der Waals surface area contributed by atoms with Crippen LogP contribution in [0.25, 0.3) is 0 Å². The number of carbonyl (C=O) groups is 1. The third-order valence-electron chi connectivity index (χ3n) is 4.22. The zero-order chi connectivity index (χ0) is 15.6. The lowest BCUT2D eigenvalue weighted by atomic mass is 9.85. The van der Waals surface area contributed by atoms with E-state index in [0.717, 1.165) is 12.6 Å². The summed E-state index contributed by atoms with van der Waals surface area (Å²) in [5.74, 6) is -0.532. The number of benzene rings is 1. The molecule has 0 spiro atoms. The van der Waals surface area contributed by atoms with Gasteiger partial charge in [-0.15, -0.1) is 0 Å². The minimum Gasteiger partial charge on any atom is -0.478 e. The van der Waals surface area contributed by atoms with Crippen LogP contribution in [0, 0.1) is 23.0 Å². The highest BCUT2D eigenvalue weighted by atomic mass is 16.6. The number of aromatic carboxylic acids is 1. The number of carboxylic acids is 1. The molecule has 1 aromatic rings. The van der Waals surface area contributed by atoms with Gasteiger partial charge in [-0.25, -0.2) is 4.79 Å². The van der Waals surface area contributed by atoms with Crippen molar-refractivity contribution in [2.24, 2.45) is 5.92 Å². The van der Waals surface area contributed by atoms with Crippen molar-refractivity contribution in [3.8, 4) is 0 Å². The minimum atomic E-state index is -1.14. The Bertz CT molecular complexity index is 567. The molecule has 1 saturated carbocycles. The van der Waals surface area contributed by atoms with Crippen molar-refractivity contribution in [2.45, 2.75) is 33.1 Å². The van der Waals surface area contributed by atoms with E-state index in [0.29, 0.717) is 23.7 Å². The molecule has 1 aliphatic rings. The second kappa shape index (κ2) is 6.11. The molecule has 0 aliphatic heterocycles. The van der Waals surface area contributed by atoms with Crippen molar-refractivity contribution in [3.05, 3.63) is 33.4 Å². The van der Waals surface area contributed by atoms with Crippen molar-refractivity contribution >= 4 is 17.3 Å². The topological polar surface area (TPSA) is 83.7 Å². The third-order valence-corrected chi connectivity index (χ3v) is 4.22. The summed E-state index contributed by atoms with van der Waals surface area (Å²) >= 11 is 0. The summed E-state index contributed by atoms with van der Waals surface area (Å²) < 4.78 is 0. The highest BCUT2D eigenvalue weighted by Crippen LogP contribution is 2.34. The number of nitro groups is 1. The van der Waals surface area contributed by atoms with Gasteiger partial charge in [0.25, 0.3) is 5.69 Å². The predicted molar refractivity (Wildman–Crippen MR) is 80.0 cm³/mol. The molecule has 0 amide bonds. The molecule has 0 aromatic heterocycles. The molecule has 0 heterocycles. The molecule has 2 rings (SSSR count). The van der Waals surface area contributed by atoms with Crippen molar-refractivity contribution in [1.29, 1.82) is 0 Å². The van der Waals surface area contributed by atoms with E-state index in [1.54, 1.807) is 13.0 Å². The molecule has 1 aliphatic carbocycles. The lowest BCUT2D eigenvalue weighted by molar-refractivity contribution is -0.385. The molecule has 0 saturated heterocycles. The van der Waals surface area contributed by atoms with Crippen LogP contribution < -0.4 is 4.90 Å². The maximum absolute atomic E-state index is 11.2. The first-order valence-electron chi connectivity index (χ1n) is 7.21. The Morgan fingerprint density at radius 2 is 2.14 bits per heavy atom. The van der Waals surface area contributed by atoms with Gasteiger partial charge in [0, 0.05) is 24.8 Å². The van der Waals surface area contributed by atoms with Crippen LogP contribution in [-0.4, -0.2) is 29.1 Å². The number of hydrogen-bond acceptors (Lipinski definition) is 4. The molecular weight excluding hydrogens is 272 g/mol. The van der Waals surface area contributed by atoms with E-state index in [4.69, 9.17) is 5.11 Å². The lowest BCUT2D eigenvalue weighted by Crippen LogP contribution is -2.33. The van der Waals surface area contributed by atoms with Gasteiger partial charge in [0.2, 0.25) is 0 Å². The molecule has 6 heteroatoms. The molecular formula is C15H20N2O4. The number of carboxylic acid groups (broad SMARTS) is 1. The van der Waals surface area contributed by atoms with Gasteiger partial charge in [-0.3, -0.25) is 10.1 Å². The van der Waals surface area contributed by atoms with E-state index in [9.17, 15) is 14.9 Å². The van der Waals surface area contributed by atoms with Gasteiger partial charge in [0.15, 0.2) is 0 Å². The number of rotatable bonds is 6. The second-order valence-corrected chi connectivity index (χ2v) is 5.54. The lowest BCUT2D eigenvalue weighted by Gasteiger charge is -2.34. The van der Waals surface area contributed by atoms with E-state index in [2.05, 4.69) is 4.90 Å². The third kappa shape index (κ3) is 3.15. The first-order valence-corrected chi connectivity index (χ1v) is 7.21. The van der Waals surface area contributed by atoms with Gasteiger partial charge >= 0.3 is 5.97 Å².